The molecule has 4 atom stereocenters. The predicted molar refractivity (Wildman–Crippen MR) is 108 cm³/mol. The molecule has 0 radical (unpaired) electrons. The highest BCUT2D eigenvalue weighted by Crippen LogP contribution is 2.24. The quantitative estimate of drug-likeness (QED) is 0.708. The maximum atomic E-state index is 5.57. The minimum atomic E-state index is 0.475. The van der Waals surface area contributed by atoms with Gasteiger partial charge in [0.15, 0.2) is 10.9 Å². The number of piperidine rings is 1. The van der Waals surface area contributed by atoms with Gasteiger partial charge < -0.3 is 20.0 Å². The molecule has 0 aliphatic carbocycles. The van der Waals surface area contributed by atoms with Crippen LogP contribution in [0.3, 0.4) is 0 Å². The fraction of sp³-hybridized carbons (Fsp3) is 0.476. The molecule has 2 aromatic rings. The van der Waals surface area contributed by atoms with Crippen molar-refractivity contribution in [3.8, 4) is 0 Å². The van der Waals surface area contributed by atoms with Gasteiger partial charge in [-0.1, -0.05) is 19.1 Å². The van der Waals surface area contributed by atoms with Crippen LogP contribution < -0.4 is 15.5 Å². The van der Waals surface area contributed by atoms with Gasteiger partial charge in [-0.05, 0) is 48.5 Å². The van der Waals surface area contributed by atoms with Crippen molar-refractivity contribution in [2.45, 2.75) is 63.7 Å². The van der Waals surface area contributed by atoms with Gasteiger partial charge in [0.25, 0.3) is 0 Å². The van der Waals surface area contributed by atoms with Crippen LogP contribution in [-0.2, 0) is 13.0 Å². The summed E-state index contributed by atoms with van der Waals surface area (Å²) in [6.07, 6.45) is 7.84. The normalized spacial score (nSPS) is 27.3. The highest BCUT2D eigenvalue weighted by atomic mass is 32.1. The summed E-state index contributed by atoms with van der Waals surface area (Å²) in [4.78, 5) is 1.70. The monoisotopic (exact) mass is 370 g/mol. The fourth-order valence-corrected chi connectivity index (χ4v) is 4.91. The maximum Gasteiger partial charge on any atom is 0.171 e. The lowest BCUT2D eigenvalue weighted by Gasteiger charge is -2.36. The molecule has 0 saturated carbocycles. The maximum absolute atomic E-state index is 5.57. The fourth-order valence-electron chi connectivity index (χ4n) is 4.63. The molecule has 138 valence electrons. The Morgan fingerprint density at radius 2 is 1.88 bits per heavy atom. The number of aryl methyl sites for hydroxylation is 1. The summed E-state index contributed by atoms with van der Waals surface area (Å²) in [5.74, 6) is 1.11. The van der Waals surface area contributed by atoms with Crippen LogP contribution >= 0.6 is 12.2 Å². The summed E-state index contributed by atoms with van der Waals surface area (Å²) >= 11 is 5.55. The Morgan fingerprint density at radius 3 is 2.50 bits per heavy atom. The number of hydrogen-bond acceptors (Lipinski definition) is 2. The summed E-state index contributed by atoms with van der Waals surface area (Å²) in [6.45, 7) is 3.19. The van der Waals surface area contributed by atoms with E-state index in [1.165, 1.54) is 31.2 Å². The second kappa shape index (κ2) is 7.80. The van der Waals surface area contributed by atoms with E-state index in [4.69, 9.17) is 16.6 Å². The molecular formula is C21H28N3OS+. The predicted octanol–water partition coefficient (Wildman–Crippen LogP) is 2.91. The molecule has 2 fully saturated rings. The van der Waals surface area contributed by atoms with Crippen molar-refractivity contribution in [3.05, 3.63) is 54.0 Å². The minimum Gasteiger partial charge on any atom is -0.463 e. The van der Waals surface area contributed by atoms with E-state index in [1.807, 2.05) is 6.07 Å². The van der Waals surface area contributed by atoms with Crippen molar-refractivity contribution >= 4 is 23.0 Å². The number of anilines is 1. The lowest BCUT2D eigenvalue weighted by atomic mass is 9.97. The van der Waals surface area contributed by atoms with E-state index in [1.54, 1.807) is 11.2 Å². The molecule has 2 aliphatic heterocycles. The molecule has 26 heavy (non-hydrogen) atoms. The zero-order valence-corrected chi connectivity index (χ0v) is 16.1. The number of quaternary nitrogens is 1. The van der Waals surface area contributed by atoms with Gasteiger partial charge in [0.05, 0.1) is 18.3 Å². The van der Waals surface area contributed by atoms with Gasteiger partial charge in [-0.25, -0.2) is 0 Å². The molecule has 4 nitrogen and oxygen atoms in total. The van der Waals surface area contributed by atoms with E-state index in [0.717, 1.165) is 29.5 Å². The number of fused-ring (bicyclic) bond motifs is 2. The van der Waals surface area contributed by atoms with Gasteiger partial charge in [-0.2, -0.15) is 0 Å². The standard InChI is InChI=1S/C21H27N3OS/c1-2-15-5-7-16(8-6-15)22-21(26)23-17-12-18-9-10-19(13-17)24(18)14-20-4-3-11-25-20/h3-8,11,17-19H,2,9-10,12-14H2,1H3,(H2,22,23,26)/p+1/t17?,18-,19+. The Hall–Kier alpha value is -1.85. The number of rotatable bonds is 5. The van der Waals surface area contributed by atoms with Crippen molar-refractivity contribution in [2.75, 3.05) is 5.32 Å². The van der Waals surface area contributed by atoms with Crippen molar-refractivity contribution < 1.29 is 9.32 Å². The van der Waals surface area contributed by atoms with Crippen LogP contribution in [-0.4, -0.2) is 23.2 Å². The van der Waals surface area contributed by atoms with Crippen LogP contribution in [0.2, 0.25) is 0 Å². The van der Waals surface area contributed by atoms with Crippen molar-refractivity contribution in [1.82, 2.24) is 5.32 Å². The van der Waals surface area contributed by atoms with Gasteiger partial charge in [-0.15, -0.1) is 0 Å². The number of thiocarbonyl (C=S) groups is 1. The second-order valence-electron chi connectivity index (χ2n) is 7.62. The first-order chi connectivity index (χ1) is 12.7. The molecule has 2 unspecified atom stereocenters. The van der Waals surface area contributed by atoms with Gasteiger partial charge in [-0.3, -0.25) is 0 Å². The number of nitrogens with one attached hydrogen (secondary N) is 3. The smallest absolute Gasteiger partial charge is 0.171 e. The SMILES string of the molecule is CCc1ccc(NC(=S)NC2C[C@H]3CC[C@@H](C2)[NH+]3Cc2ccco2)cc1. The van der Waals surface area contributed by atoms with E-state index < -0.39 is 0 Å². The number of benzene rings is 1. The molecule has 3 heterocycles. The number of furan rings is 1. The molecule has 2 saturated heterocycles. The van der Waals surface area contributed by atoms with Crippen molar-refractivity contribution in [3.63, 3.8) is 0 Å². The van der Waals surface area contributed by atoms with Gasteiger partial charge in [0.1, 0.15) is 6.54 Å². The summed E-state index contributed by atoms with van der Waals surface area (Å²) in [6, 6.07) is 14.5. The first kappa shape index (κ1) is 17.6. The molecule has 0 spiro atoms. The molecular weight excluding hydrogens is 342 g/mol. The molecule has 2 aliphatic rings. The van der Waals surface area contributed by atoms with Gasteiger partial charge in [0, 0.05) is 37.4 Å². The van der Waals surface area contributed by atoms with Crippen LogP contribution in [0.1, 0.15) is 43.9 Å². The molecule has 4 rings (SSSR count). The molecule has 1 aromatic carbocycles. The van der Waals surface area contributed by atoms with Crippen molar-refractivity contribution in [1.29, 1.82) is 0 Å². The third kappa shape index (κ3) is 3.94. The third-order valence-corrected chi connectivity index (χ3v) is 6.18. The van der Waals surface area contributed by atoms with E-state index in [2.05, 4.69) is 47.9 Å². The van der Waals surface area contributed by atoms with Crippen LogP contribution in [0.4, 0.5) is 5.69 Å². The lowest BCUT2D eigenvalue weighted by molar-refractivity contribution is -0.955. The molecule has 3 N–H and O–H groups in total. The van der Waals surface area contributed by atoms with Crippen LogP contribution in [0.15, 0.2) is 47.1 Å². The lowest BCUT2D eigenvalue weighted by Crippen LogP contribution is -3.17. The topological polar surface area (TPSA) is 41.6 Å². The third-order valence-electron chi connectivity index (χ3n) is 5.96. The van der Waals surface area contributed by atoms with Gasteiger partial charge in [0.2, 0.25) is 0 Å². The molecule has 5 heteroatoms. The Kier molecular flexibility index (Phi) is 5.27. The summed E-state index contributed by atoms with van der Waals surface area (Å²) < 4.78 is 5.57. The van der Waals surface area contributed by atoms with Crippen LogP contribution in [0, 0.1) is 0 Å². The first-order valence-corrected chi connectivity index (χ1v) is 10.2. The highest BCUT2D eigenvalue weighted by Gasteiger charge is 2.44. The van der Waals surface area contributed by atoms with E-state index >= 15 is 0 Å². The minimum absolute atomic E-state index is 0.475. The zero-order valence-electron chi connectivity index (χ0n) is 15.3. The Labute approximate surface area is 161 Å². The largest absolute Gasteiger partial charge is 0.463 e. The summed E-state index contributed by atoms with van der Waals surface area (Å²) in [7, 11) is 0. The van der Waals surface area contributed by atoms with Crippen molar-refractivity contribution in [2.24, 2.45) is 0 Å². The average molecular weight is 371 g/mol. The highest BCUT2D eigenvalue weighted by molar-refractivity contribution is 7.80. The van der Waals surface area contributed by atoms with E-state index in [0.29, 0.717) is 18.1 Å². The molecule has 0 amide bonds. The van der Waals surface area contributed by atoms with E-state index in [-0.39, 0.29) is 0 Å². The Morgan fingerprint density at radius 1 is 1.15 bits per heavy atom. The van der Waals surface area contributed by atoms with Gasteiger partial charge >= 0.3 is 0 Å². The first-order valence-electron chi connectivity index (χ1n) is 9.75. The Balaban J connectivity index is 1.30. The zero-order chi connectivity index (χ0) is 17.9. The van der Waals surface area contributed by atoms with Crippen LogP contribution in [0.5, 0.6) is 0 Å². The number of hydrogen-bond donors (Lipinski definition) is 3. The van der Waals surface area contributed by atoms with Crippen LogP contribution in [0.25, 0.3) is 0 Å². The molecule has 1 aromatic heterocycles. The summed E-state index contributed by atoms with van der Waals surface area (Å²) in [5, 5.41) is 7.64. The average Bonchev–Trinajstić information content (AvgIpc) is 3.22. The second-order valence-corrected chi connectivity index (χ2v) is 8.03. The van der Waals surface area contributed by atoms with E-state index in [9.17, 15) is 0 Å². The Bertz CT molecular complexity index is 714. The summed E-state index contributed by atoms with van der Waals surface area (Å²) in [5.41, 5.74) is 2.40. The molecule has 2 bridgehead atoms.